The largest absolute Gasteiger partial charge is 0.490 e. The van der Waals surface area contributed by atoms with Crippen LogP contribution in [0.1, 0.15) is 68.6 Å². The summed E-state index contributed by atoms with van der Waals surface area (Å²) in [6.45, 7) is 2.74. The van der Waals surface area contributed by atoms with E-state index in [1.807, 2.05) is 0 Å². The van der Waals surface area contributed by atoms with Gasteiger partial charge < -0.3 is 9.47 Å². The molecule has 0 unspecified atom stereocenters. The van der Waals surface area contributed by atoms with Crippen LogP contribution in [0.3, 0.4) is 0 Å². The van der Waals surface area contributed by atoms with E-state index in [-0.39, 0.29) is 5.75 Å². The topological polar surface area (TPSA) is 35.5 Å². The fourth-order valence-corrected chi connectivity index (χ4v) is 4.14. The molecule has 1 aliphatic carbocycles. The number of hydrogen-bond acceptors (Lipinski definition) is 3. The molecule has 3 nitrogen and oxygen atoms in total. The lowest BCUT2D eigenvalue weighted by atomic mass is 9.79. The first kappa shape index (κ1) is 24.0. The Labute approximate surface area is 189 Å². The molecule has 3 rings (SSSR count). The fourth-order valence-electron chi connectivity index (χ4n) is 4.14. The van der Waals surface area contributed by atoms with Gasteiger partial charge in [0.1, 0.15) is 18.1 Å². The van der Waals surface area contributed by atoms with E-state index in [0.717, 1.165) is 18.1 Å². The first-order valence-electron chi connectivity index (χ1n) is 11.6. The van der Waals surface area contributed by atoms with Crippen LogP contribution in [-0.4, -0.2) is 12.6 Å². The van der Waals surface area contributed by atoms with E-state index in [2.05, 4.69) is 19.1 Å². The smallest absolute Gasteiger partial charge is 0.343 e. The van der Waals surface area contributed by atoms with Gasteiger partial charge in [0.25, 0.3) is 0 Å². The summed E-state index contributed by atoms with van der Waals surface area (Å²) in [7, 11) is 0. The molecule has 172 valence electrons. The van der Waals surface area contributed by atoms with E-state index in [4.69, 9.17) is 9.47 Å². The van der Waals surface area contributed by atoms with Crippen molar-refractivity contribution in [1.82, 2.24) is 0 Å². The lowest BCUT2D eigenvalue weighted by molar-refractivity contribution is 0.0734. The second kappa shape index (κ2) is 12.4. The zero-order valence-corrected chi connectivity index (χ0v) is 18.7. The Morgan fingerprint density at radius 1 is 0.969 bits per heavy atom. The van der Waals surface area contributed by atoms with Crippen molar-refractivity contribution in [3.05, 3.63) is 71.8 Å². The van der Waals surface area contributed by atoms with Gasteiger partial charge in [0.2, 0.25) is 0 Å². The molecular weight excluding hydrogens is 410 g/mol. The molecule has 0 aliphatic heterocycles. The van der Waals surface area contributed by atoms with Crippen molar-refractivity contribution in [3.63, 3.8) is 0 Å². The fraction of sp³-hybridized carbons (Fsp3) is 0.444. The van der Waals surface area contributed by atoms with E-state index >= 15 is 0 Å². The predicted molar refractivity (Wildman–Crippen MR) is 122 cm³/mol. The molecule has 0 amide bonds. The lowest BCUT2D eigenvalue weighted by Crippen LogP contribution is -2.13. The van der Waals surface area contributed by atoms with E-state index in [9.17, 15) is 13.6 Å². The zero-order chi connectivity index (χ0) is 22.8. The van der Waals surface area contributed by atoms with Crippen LogP contribution < -0.4 is 9.47 Å². The number of unbranched alkanes of at least 4 members (excludes halogenated alkanes) is 2. The van der Waals surface area contributed by atoms with Crippen molar-refractivity contribution < 1.29 is 23.0 Å². The number of rotatable bonds is 10. The summed E-state index contributed by atoms with van der Waals surface area (Å²) in [5.74, 6) is -0.535. The maximum Gasteiger partial charge on any atom is 0.343 e. The average molecular weight is 443 g/mol. The molecule has 1 fully saturated rings. The highest BCUT2D eigenvalue weighted by Crippen LogP contribution is 2.32. The molecule has 2 aromatic rings. The molecule has 0 bridgehead atoms. The molecule has 0 aromatic heterocycles. The summed E-state index contributed by atoms with van der Waals surface area (Å²) < 4.78 is 37.0. The van der Waals surface area contributed by atoms with Crippen molar-refractivity contribution in [1.29, 1.82) is 0 Å². The molecule has 1 aliphatic rings. The third kappa shape index (κ3) is 7.47. The van der Waals surface area contributed by atoms with Gasteiger partial charge in [-0.15, -0.1) is 0 Å². The number of carbonyl (C=O) groups is 1. The van der Waals surface area contributed by atoms with Gasteiger partial charge in [0.05, 0.1) is 5.56 Å². The SMILES string of the molecule is CCCCC[C@H]1CC[C@H](/C=C/COc2ccc(C(=O)Oc3ccc(F)c(F)c3)cc2)CC1. The van der Waals surface area contributed by atoms with Crippen LogP contribution in [0.15, 0.2) is 54.6 Å². The first-order valence-corrected chi connectivity index (χ1v) is 11.6. The molecule has 2 aromatic carbocycles. The van der Waals surface area contributed by atoms with Crippen molar-refractivity contribution in [3.8, 4) is 11.5 Å². The van der Waals surface area contributed by atoms with Crippen molar-refractivity contribution in [2.75, 3.05) is 6.61 Å². The van der Waals surface area contributed by atoms with Crippen LogP contribution in [0.5, 0.6) is 11.5 Å². The maximum absolute atomic E-state index is 13.2. The minimum Gasteiger partial charge on any atom is -0.490 e. The maximum atomic E-state index is 13.2. The molecule has 0 heterocycles. The third-order valence-electron chi connectivity index (χ3n) is 6.05. The number of hydrogen-bond donors (Lipinski definition) is 0. The Hall–Kier alpha value is -2.69. The summed E-state index contributed by atoms with van der Waals surface area (Å²) in [6, 6.07) is 9.52. The van der Waals surface area contributed by atoms with E-state index in [1.165, 1.54) is 57.4 Å². The van der Waals surface area contributed by atoms with Crippen molar-refractivity contribution >= 4 is 5.97 Å². The van der Waals surface area contributed by atoms with E-state index in [1.54, 1.807) is 24.3 Å². The highest BCUT2D eigenvalue weighted by molar-refractivity contribution is 5.91. The van der Waals surface area contributed by atoms with Crippen molar-refractivity contribution in [2.24, 2.45) is 11.8 Å². The molecule has 0 N–H and O–H groups in total. The predicted octanol–water partition coefficient (Wildman–Crippen LogP) is 7.51. The minimum atomic E-state index is -1.06. The van der Waals surface area contributed by atoms with Crippen LogP contribution in [0, 0.1) is 23.5 Å². The van der Waals surface area contributed by atoms with Crippen LogP contribution in [0.25, 0.3) is 0 Å². The normalized spacial score (nSPS) is 18.6. The van der Waals surface area contributed by atoms with Gasteiger partial charge in [-0.1, -0.05) is 44.8 Å². The Morgan fingerprint density at radius 3 is 2.38 bits per heavy atom. The van der Waals surface area contributed by atoms with Gasteiger partial charge in [-0.2, -0.15) is 0 Å². The molecule has 0 spiro atoms. The molecule has 5 heteroatoms. The van der Waals surface area contributed by atoms with Crippen LogP contribution in [0.2, 0.25) is 0 Å². The van der Waals surface area contributed by atoms with Gasteiger partial charge in [0.15, 0.2) is 11.6 Å². The second-order valence-corrected chi connectivity index (χ2v) is 8.51. The Balaban J connectivity index is 1.38. The Kier molecular flexibility index (Phi) is 9.27. The first-order chi connectivity index (χ1) is 15.5. The van der Waals surface area contributed by atoms with Gasteiger partial charge in [-0.3, -0.25) is 0 Å². The van der Waals surface area contributed by atoms with Gasteiger partial charge in [0, 0.05) is 6.07 Å². The van der Waals surface area contributed by atoms with Crippen LogP contribution in [0.4, 0.5) is 8.78 Å². The Morgan fingerprint density at radius 2 is 1.69 bits per heavy atom. The molecule has 0 atom stereocenters. The highest BCUT2D eigenvalue weighted by atomic mass is 19.2. The van der Waals surface area contributed by atoms with E-state index < -0.39 is 17.6 Å². The van der Waals surface area contributed by atoms with E-state index in [0.29, 0.717) is 23.8 Å². The highest BCUT2D eigenvalue weighted by Gasteiger charge is 2.18. The second-order valence-electron chi connectivity index (χ2n) is 8.51. The van der Waals surface area contributed by atoms with Crippen LogP contribution in [-0.2, 0) is 0 Å². The monoisotopic (exact) mass is 442 g/mol. The number of ether oxygens (including phenoxy) is 2. The molecule has 1 saturated carbocycles. The summed E-state index contributed by atoms with van der Waals surface area (Å²) in [5, 5.41) is 0. The summed E-state index contributed by atoms with van der Waals surface area (Å²) in [6.07, 6.45) is 15.0. The zero-order valence-electron chi connectivity index (χ0n) is 18.7. The number of carbonyl (C=O) groups excluding carboxylic acids is 1. The quantitative estimate of drug-likeness (QED) is 0.165. The average Bonchev–Trinajstić information content (AvgIpc) is 2.81. The molecule has 0 radical (unpaired) electrons. The molecule has 32 heavy (non-hydrogen) atoms. The number of allylic oxidation sites excluding steroid dienone is 1. The molecule has 0 saturated heterocycles. The number of benzene rings is 2. The summed E-state index contributed by atoms with van der Waals surface area (Å²) in [5.41, 5.74) is 0.299. The summed E-state index contributed by atoms with van der Waals surface area (Å²) in [4.78, 5) is 12.2. The minimum absolute atomic E-state index is 0.0469. The Bertz CT molecular complexity index is 884. The standard InChI is InChI=1S/C27H32F2O3/c1-2-3-4-6-20-8-10-21(11-9-20)7-5-18-31-23-14-12-22(13-15-23)27(30)32-24-16-17-25(28)26(29)19-24/h5,7,12-17,19-21H,2-4,6,8-11,18H2,1H3/b7-5+/t20-,21-. The van der Waals surface area contributed by atoms with Gasteiger partial charge in [-0.05, 0) is 73.9 Å². The van der Waals surface area contributed by atoms with Crippen molar-refractivity contribution in [2.45, 2.75) is 58.3 Å². The summed E-state index contributed by atoms with van der Waals surface area (Å²) >= 11 is 0. The number of esters is 1. The number of halogens is 2. The molecular formula is C27H32F2O3. The third-order valence-corrected chi connectivity index (χ3v) is 6.05. The van der Waals surface area contributed by atoms with Gasteiger partial charge in [-0.25, -0.2) is 13.6 Å². The lowest BCUT2D eigenvalue weighted by Gasteiger charge is -2.26. The van der Waals surface area contributed by atoms with Gasteiger partial charge >= 0.3 is 5.97 Å². The van der Waals surface area contributed by atoms with Crippen LogP contribution >= 0.6 is 0 Å².